The minimum atomic E-state index is -0.878. The molecule has 29 nitrogen and oxygen atoms in total. The van der Waals surface area contributed by atoms with Crippen molar-refractivity contribution in [3.05, 3.63) is 0 Å². The Labute approximate surface area is 714 Å². The summed E-state index contributed by atoms with van der Waals surface area (Å²) in [4.78, 5) is 121. The second-order valence-corrected chi connectivity index (χ2v) is 35.9. The molecular weight excluding hydrogens is 1570 g/mol. The van der Waals surface area contributed by atoms with Gasteiger partial charge in [-0.15, -0.1) is 11.8 Å². The van der Waals surface area contributed by atoms with Crippen molar-refractivity contribution in [2.24, 2.45) is 11.7 Å². The number of nitrogens with two attached hydrogens (primary N) is 1. The van der Waals surface area contributed by atoms with Crippen LogP contribution in [0.1, 0.15) is 247 Å². The number of carboxylic acid groups (broad SMARTS) is 3. The number of carbonyl (C=O) groups excluding carboxylic acids is 6. The van der Waals surface area contributed by atoms with Crippen LogP contribution in [0.25, 0.3) is 0 Å². The maximum Gasteiger partial charge on any atom is 0.320 e. The van der Waals surface area contributed by atoms with Crippen molar-refractivity contribution >= 4 is 69.6 Å². The number of nitrogens with zero attached hydrogens (tertiary/aromatic N) is 8. The Kier molecular flexibility index (Phi) is 62.3. The van der Waals surface area contributed by atoms with Gasteiger partial charge >= 0.3 is 47.8 Å². The van der Waals surface area contributed by atoms with Crippen LogP contribution in [-0.2, 0) is 71.6 Å². The molecule has 0 aromatic heterocycles. The second-order valence-electron chi connectivity index (χ2n) is 35.1. The number of esters is 5. The molecule has 0 aromatic rings. The third kappa shape index (κ3) is 70.8. The highest BCUT2D eigenvalue weighted by atomic mass is 79.9. The van der Waals surface area contributed by atoms with E-state index in [1.165, 1.54) is 19.3 Å². The first-order valence-electron chi connectivity index (χ1n) is 42.3. The first-order chi connectivity index (χ1) is 54.0. The van der Waals surface area contributed by atoms with Gasteiger partial charge in [-0.25, -0.2) is 0 Å². The van der Waals surface area contributed by atoms with E-state index in [2.05, 4.69) is 79.6 Å². The Bertz CT molecular complexity index is 2780. The molecule has 0 aromatic carbocycles. The number of ether oxygens (including phenoxy) is 6. The summed E-state index contributed by atoms with van der Waals surface area (Å²) in [6.45, 7) is 45.4. The van der Waals surface area contributed by atoms with Crippen molar-refractivity contribution in [1.29, 1.82) is 0 Å². The van der Waals surface area contributed by atoms with Crippen LogP contribution in [0, 0.1) is 29.6 Å². The molecule has 3 heterocycles. The summed E-state index contributed by atoms with van der Waals surface area (Å²) in [6.07, 6.45) is 19.2. The Hall–Kier alpha value is -5.61. The minimum Gasteiger partial charge on any atom is -0.481 e. The number of amides is 1. The lowest BCUT2D eigenvalue weighted by molar-refractivity contribution is -0.158. The lowest BCUT2D eigenvalue weighted by Crippen LogP contribution is -2.42. The van der Waals surface area contributed by atoms with Gasteiger partial charge in [-0.1, -0.05) is 68.3 Å². The van der Waals surface area contributed by atoms with E-state index >= 15 is 0 Å². The van der Waals surface area contributed by atoms with Gasteiger partial charge in [0, 0.05) is 161 Å². The average molecular weight is 1730 g/mol. The highest BCUT2D eigenvalue weighted by Gasteiger charge is 2.28. The van der Waals surface area contributed by atoms with E-state index in [4.69, 9.17) is 49.5 Å². The zero-order chi connectivity index (χ0) is 86.3. The molecule has 3 saturated heterocycles. The number of aliphatic carboxylic acids is 3. The smallest absolute Gasteiger partial charge is 0.320 e. The lowest BCUT2D eigenvalue weighted by atomic mass is 9.94. The van der Waals surface area contributed by atoms with Crippen LogP contribution < -0.4 is 16.4 Å². The fourth-order valence-corrected chi connectivity index (χ4v) is 12.9. The predicted molar refractivity (Wildman–Crippen MR) is 467 cm³/mol. The van der Waals surface area contributed by atoms with E-state index in [-0.39, 0.29) is 115 Å². The number of nitrogens with one attached hydrogen (secondary N) is 2. The maximum atomic E-state index is 12.3. The summed E-state index contributed by atoms with van der Waals surface area (Å²) >= 11 is 3.35. The van der Waals surface area contributed by atoms with Crippen LogP contribution in [0.2, 0.25) is 0 Å². The van der Waals surface area contributed by atoms with Gasteiger partial charge in [0.15, 0.2) is 0 Å². The molecule has 5 aliphatic rings. The van der Waals surface area contributed by atoms with Crippen LogP contribution in [0.5, 0.6) is 0 Å². The fourth-order valence-electron chi connectivity index (χ4n) is 12.5. The molecule has 5 rings (SSSR count). The third-order valence-electron chi connectivity index (χ3n) is 18.0. The summed E-state index contributed by atoms with van der Waals surface area (Å²) in [5.41, 5.74) is 3.37. The zero-order valence-corrected chi connectivity index (χ0v) is 75.1. The summed E-state index contributed by atoms with van der Waals surface area (Å²) < 4.78 is 32.6. The standard InChI is InChI=1S/C24H40N4O6.C22H44N4O4.C18H35N3O4.C11H16O2.C10H19BrO2.2CH4/c29-22(20-34-21-8-4-2-1-3-5-9-21)25-10-6-7-11-26-12-14-27(18-23(30)31)16-17-28(15-13-26)19-24(32)33;1-21(2,3)29-19(27)17-25-13-11-24(10-8-7-9-23)12-14-26(16-15-25)18-20(28)30-22(4,5)6;1-17(2,3)24-15(22)13-20-9-7-19-8-10-21(12-11-20)14-16(23)25-18(4,5)6;12-11(13)9-8-10-6-4-2-1-3-5-7-10;1-10(2,3)13-9(12)7-5-4-6-8-11;;/h21H,1-4,6-8,10-20H2,(H,25,29)(H,30,31)(H,32,33);7-18,23H2,1-6H3;19H,7-14H2,1-6H3;10H,1-4,6,8-9H2,(H,12,13);4-8H2,1-3H3;2*1H4. The molecule has 2 atom stereocenters. The minimum absolute atomic E-state index is 0. The van der Waals surface area contributed by atoms with Gasteiger partial charge in [0.05, 0.1) is 39.3 Å². The summed E-state index contributed by atoms with van der Waals surface area (Å²) in [5, 5.41) is 34.1. The normalized spacial score (nSPS) is 18.6. The van der Waals surface area contributed by atoms with E-state index in [1.54, 1.807) is 0 Å². The van der Waals surface area contributed by atoms with E-state index in [0.29, 0.717) is 77.8 Å². The first-order valence-corrected chi connectivity index (χ1v) is 43.5. The van der Waals surface area contributed by atoms with Crippen molar-refractivity contribution in [3.8, 4) is 23.7 Å². The van der Waals surface area contributed by atoms with Crippen molar-refractivity contribution < 1.29 is 86.9 Å². The van der Waals surface area contributed by atoms with E-state index in [0.717, 1.165) is 180 Å². The van der Waals surface area contributed by atoms with Gasteiger partial charge < -0.3 is 69.9 Å². The number of halogens is 1. The summed E-state index contributed by atoms with van der Waals surface area (Å²) in [7, 11) is 0. The quantitative estimate of drug-likeness (QED) is 0.0120. The number of hydrogen-bond acceptors (Lipinski definition) is 25. The molecule has 0 bridgehead atoms. The van der Waals surface area contributed by atoms with Crippen LogP contribution >= 0.6 is 15.9 Å². The topological polar surface area (TPSA) is 346 Å². The molecule has 2 aliphatic carbocycles. The summed E-state index contributed by atoms with van der Waals surface area (Å²) in [5.74, 6) is 9.30. The van der Waals surface area contributed by atoms with Crippen LogP contribution in [0.15, 0.2) is 0 Å². The first kappa shape index (κ1) is 113. The highest BCUT2D eigenvalue weighted by Crippen LogP contribution is 2.19. The fraction of sp³-hybridized carbons (Fsp3) is 0.851. The van der Waals surface area contributed by atoms with Crippen LogP contribution in [0.3, 0.4) is 0 Å². The van der Waals surface area contributed by atoms with Gasteiger partial charge in [0.2, 0.25) is 5.91 Å². The average Bonchev–Trinajstić information content (AvgIpc) is 1.85. The van der Waals surface area contributed by atoms with Crippen LogP contribution in [-0.4, -0.2) is 337 Å². The zero-order valence-electron chi connectivity index (χ0n) is 73.5. The van der Waals surface area contributed by atoms with E-state index in [1.807, 2.05) is 114 Å². The van der Waals surface area contributed by atoms with E-state index < -0.39 is 40.3 Å². The van der Waals surface area contributed by atoms with Crippen molar-refractivity contribution in [2.45, 2.75) is 281 Å². The molecule has 3 fully saturated rings. The third-order valence-corrected chi connectivity index (χ3v) is 18.6. The predicted octanol–water partition coefficient (Wildman–Crippen LogP) is 9.52. The number of rotatable bonds is 32. The largest absolute Gasteiger partial charge is 0.481 e. The monoisotopic (exact) mass is 1730 g/mol. The summed E-state index contributed by atoms with van der Waals surface area (Å²) in [6, 6.07) is 0. The molecule has 2 unspecified atom stereocenters. The molecule has 3 aliphatic heterocycles. The molecule has 0 radical (unpaired) electrons. The Balaban J connectivity index is 0. The Morgan fingerprint density at radius 1 is 0.410 bits per heavy atom. The maximum absolute atomic E-state index is 12.3. The Morgan fingerprint density at radius 3 is 1.15 bits per heavy atom. The van der Waals surface area contributed by atoms with Crippen molar-refractivity contribution in [3.63, 3.8) is 0 Å². The van der Waals surface area contributed by atoms with Crippen molar-refractivity contribution in [1.82, 2.24) is 49.8 Å². The number of unbranched alkanes of at least 4 members (excludes halogenated alkanes) is 4. The number of carboxylic acids is 3. The van der Waals surface area contributed by atoms with Gasteiger partial charge in [-0.2, -0.15) is 0 Å². The van der Waals surface area contributed by atoms with Gasteiger partial charge in [0.25, 0.3) is 0 Å². The number of hydrogen-bond donors (Lipinski definition) is 6. The highest BCUT2D eigenvalue weighted by molar-refractivity contribution is 9.09. The van der Waals surface area contributed by atoms with Crippen molar-refractivity contribution in [2.75, 3.05) is 195 Å². The Morgan fingerprint density at radius 2 is 0.769 bits per heavy atom. The molecule has 1 amide bonds. The van der Waals surface area contributed by atoms with Gasteiger partial charge in [-0.05, 0) is 201 Å². The second kappa shape index (κ2) is 64.2. The molecule has 117 heavy (non-hydrogen) atoms. The molecule has 7 N–H and O–H groups in total. The molecule has 30 heteroatoms. The molecule has 0 spiro atoms. The SMILES string of the molecule is C.C.CC(C)(C)OC(=O)CCCCCBr.CC(C)(C)OC(=O)CN1CCN(CCCCN)CCN(CC(=O)OC(C)(C)C)CC1.CC(C)(C)OC(=O)CN1CCNCCN(CC(=O)OC(C)(C)C)CC1.O=C(O)CCC1C#CCCCCC1.O=C(O)CN1CCN(CCCCNC(=O)COC2C#CCCCCC2)CCN(CC(=O)O)CC1. The van der Waals surface area contributed by atoms with Gasteiger partial charge in [-0.3, -0.25) is 72.6 Å². The molecular formula is C87H162BrN11O18. The van der Waals surface area contributed by atoms with Crippen LogP contribution in [0.4, 0.5) is 0 Å². The van der Waals surface area contributed by atoms with Gasteiger partial charge in [0.1, 0.15) is 40.7 Å². The molecule has 0 saturated carbocycles. The molecule has 680 valence electrons. The number of alkyl halides is 1. The lowest BCUT2D eigenvalue weighted by Gasteiger charge is -2.27. The number of carbonyl (C=O) groups is 9. The van der Waals surface area contributed by atoms with E-state index in [9.17, 15) is 43.2 Å².